The topological polar surface area (TPSA) is 40.2 Å². The summed E-state index contributed by atoms with van der Waals surface area (Å²) in [5, 5.41) is 0. The van der Waals surface area contributed by atoms with Crippen LogP contribution in [0.15, 0.2) is 53.2 Å². The minimum absolute atomic E-state index is 0.277. The maximum Gasteiger partial charge on any atom is 0.176 e. The minimum atomic E-state index is -0.295. The molecule has 0 N–H and O–H groups in total. The van der Waals surface area contributed by atoms with Gasteiger partial charge in [-0.3, -0.25) is 0 Å². The molecule has 0 aliphatic carbocycles. The van der Waals surface area contributed by atoms with E-state index in [0.29, 0.717) is 23.7 Å². The first-order valence-electron chi connectivity index (χ1n) is 7.28. The number of furan rings is 1. The maximum absolute atomic E-state index is 13.9. The molecule has 1 aliphatic heterocycles. The van der Waals surface area contributed by atoms with E-state index < -0.39 is 0 Å². The summed E-state index contributed by atoms with van der Waals surface area (Å²) < 4.78 is 27.2. The van der Waals surface area contributed by atoms with E-state index in [-0.39, 0.29) is 11.9 Å². The summed E-state index contributed by atoms with van der Waals surface area (Å²) in [6, 6.07) is 10.5. The van der Waals surface area contributed by atoms with Crippen molar-refractivity contribution in [2.24, 2.45) is 0 Å². The van der Waals surface area contributed by atoms with E-state index in [1.807, 2.05) is 12.3 Å². The van der Waals surface area contributed by atoms with Gasteiger partial charge in [0.2, 0.25) is 0 Å². The van der Waals surface area contributed by atoms with Gasteiger partial charge in [-0.05, 0) is 30.7 Å². The number of hydrogen-bond donors (Lipinski definition) is 0. The average Bonchev–Trinajstić information content (AvgIpc) is 3.27. The number of benzene rings is 1. The molecule has 22 heavy (non-hydrogen) atoms. The Labute approximate surface area is 127 Å². The molecule has 1 aliphatic rings. The van der Waals surface area contributed by atoms with E-state index in [9.17, 15) is 4.39 Å². The van der Waals surface area contributed by atoms with Crippen LogP contribution in [0.4, 0.5) is 4.39 Å². The molecule has 3 heterocycles. The van der Waals surface area contributed by atoms with Crippen LogP contribution in [0.3, 0.4) is 0 Å². The van der Waals surface area contributed by atoms with Gasteiger partial charge in [-0.15, -0.1) is 0 Å². The maximum atomic E-state index is 13.9. The van der Waals surface area contributed by atoms with Crippen LogP contribution in [-0.4, -0.2) is 22.8 Å². The van der Waals surface area contributed by atoms with Crippen LogP contribution in [-0.2, 0) is 4.74 Å². The molecule has 4 nitrogen and oxygen atoms in total. The SMILES string of the molecule is Fc1ccccc1-c1ccc(-c2nccn2C2CCOC2)o1. The minimum Gasteiger partial charge on any atom is -0.453 e. The van der Waals surface area contributed by atoms with Crippen LogP contribution in [0.25, 0.3) is 22.9 Å². The van der Waals surface area contributed by atoms with Gasteiger partial charge in [0.15, 0.2) is 11.6 Å². The van der Waals surface area contributed by atoms with Crippen LogP contribution >= 0.6 is 0 Å². The largest absolute Gasteiger partial charge is 0.453 e. The zero-order valence-electron chi connectivity index (χ0n) is 11.9. The van der Waals surface area contributed by atoms with E-state index in [1.54, 1.807) is 30.5 Å². The van der Waals surface area contributed by atoms with Crippen molar-refractivity contribution in [2.75, 3.05) is 13.2 Å². The molecule has 112 valence electrons. The highest BCUT2D eigenvalue weighted by Crippen LogP contribution is 2.31. The van der Waals surface area contributed by atoms with Gasteiger partial charge >= 0.3 is 0 Å². The summed E-state index contributed by atoms with van der Waals surface area (Å²) in [6.45, 7) is 1.45. The van der Waals surface area contributed by atoms with Crippen molar-refractivity contribution in [3.8, 4) is 22.9 Å². The Morgan fingerprint density at radius 2 is 2.00 bits per heavy atom. The standard InChI is InChI=1S/C17H15FN2O2/c18-14-4-2-1-3-13(14)15-5-6-16(22-15)17-19-8-9-20(17)12-7-10-21-11-12/h1-6,8-9,12H,7,10-11H2. The van der Waals surface area contributed by atoms with Crippen LogP contribution < -0.4 is 0 Å². The van der Waals surface area contributed by atoms with Gasteiger partial charge in [-0.2, -0.15) is 0 Å². The first-order chi connectivity index (χ1) is 10.8. The summed E-state index contributed by atoms with van der Waals surface area (Å²) in [5.41, 5.74) is 0.455. The van der Waals surface area contributed by atoms with Crippen molar-refractivity contribution < 1.29 is 13.5 Å². The Kier molecular flexibility index (Phi) is 3.27. The first-order valence-corrected chi connectivity index (χ1v) is 7.28. The van der Waals surface area contributed by atoms with Gasteiger partial charge in [0, 0.05) is 19.0 Å². The quantitative estimate of drug-likeness (QED) is 0.736. The fraction of sp³-hybridized carbons (Fsp3) is 0.235. The lowest BCUT2D eigenvalue weighted by atomic mass is 10.1. The molecule has 1 saturated heterocycles. The van der Waals surface area contributed by atoms with Gasteiger partial charge in [0.1, 0.15) is 11.6 Å². The fourth-order valence-electron chi connectivity index (χ4n) is 2.80. The number of nitrogens with zero attached hydrogens (tertiary/aromatic N) is 2. The normalized spacial score (nSPS) is 18.0. The smallest absolute Gasteiger partial charge is 0.176 e. The van der Waals surface area contributed by atoms with Crippen molar-refractivity contribution in [3.63, 3.8) is 0 Å². The molecule has 1 aromatic carbocycles. The number of aromatic nitrogens is 2. The van der Waals surface area contributed by atoms with Crippen LogP contribution in [0, 0.1) is 5.82 Å². The highest BCUT2D eigenvalue weighted by atomic mass is 19.1. The van der Waals surface area contributed by atoms with Crippen molar-refractivity contribution in [1.82, 2.24) is 9.55 Å². The van der Waals surface area contributed by atoms with E-state index in [1.165, 1.54) is 6.07 Å². The Morgan fingerprint density at radius 1 is 1.14 bits per heavy atom. The second-order valence-electron chi connectivity index (χ2n) is 5.32. The van der Waals surface area contributed by atoms with Crippen LogP contribution in [0.5, 0.6) is 0 Å². The van der Waals surface area contributed by atoms with Crippen molar-refractivity contribution in [2.45, 2.75) is 12.5 Å². The second kappa shape index (κ2) is 5.42. The van der Waals surface area contributed by atoms with Gasteiger partial charge in [0.25, 0.3) is 0 Å². The number of imidazole rings is 1. The molecule has 1 unspecified atom stereocenters. The molecule has 0 radical (unpaired) electrons. The van der Waals surface area contributed by atoms with Gasteiger partial charge in [-0.1, -0.05) is 12.1 Å². The van der Waals surface area contributed by atoms with Crippen LogP contribution in [0.2, 0.25) is 0 Å². The molecule has 4 rings (SSSR count). The summed E-state index contributed by atoms with van der Waals surface area (Å²) in [6.07, 6.45) is 4.64. The Hall–Kier alpha value is -2.40. The van der Waals surface area contributed by atoms with Crippen LogP contribution in [0.1, 0.15) is 12.5 Å². The molecule has 2 aromatic heterocycles. The number of hydrogen-bond acceptors (Lipinski definition) is 3. The van der Waals surface area contributed by atoms with E-state index >= 15 is 0 Å². The number of rotatable bonds is 3. The molecule has 5 heteroatoms. The van der Waals surface area contributed by atoms with Crippen molar-refractivity contribution in [3.05, 3.63) is 54.6 Å². The fourth-order valence-corrected chi connectivity index (χ4v) is 2.80. The molecule has 3 aromatic rings. The predicted molar refractivity (Wildman–Crippen MR) is 79.8 cm³/mol. The zero-order chi connectivity index (χ0) is 14.9. The van der Waals surface area contributed by atoms with Gasteiger partial charge in [0.05, 0.1) is 18.2 Å². The van der Waals surface area contributed by atoms with Crippen molar-refractivity contribution >= 4 is 0 Å². The lowest BCUT2D eigenvalue weighted by molar-refractivity contribution is 0.186. The van der Waals surface area contributed by atoms with Crippen molar-refractivity contribution in [1.29, 1.82) is 0 Å². The van der Waals surface area contributed by atoms with E-state index in [2.05, 4.69) is 9.55 Å². The number of halogens is 1. The lowest BCUT2D eigenvalue weighted by Crippen LogP contribution is -2.08. The monoisotopic (exact) mass is 298 g/mol. The van der Waals surface area contributed by atoms with E-state index in [4.69, 9.17) is 9.15 Å². The summed E-state index contributed by atoms with van der Waals surface area (Å²) in [4.78, 5) is 4.38. The molecule has 0 bridgehead atoms. The lowest BCUT2D eigenvalue weighted by Gasteiger charge is -2.12. The highest BCUT2D eigenvalue weighted by molar-refractivity contribution is 5.62. The van der Waals surface area contributed by atoms with E-state index in [0.717, 1.165) is 18.9 Å². The van der Waals surface area contributed by atoms with Gasteiger partial charge < -0.3 is 13.7 Å². The molecule has 1 fully saturated rings. The first kappa shape index (κ1) is 13.3. The second-order valence-corrected chi connectivity index (χ2v) is 5.32. The molecule has 1 atom stereocenters. The molecule has 0 spiro atoms. The highest BCUT2D eigenvalue weighted by Gasteiger charge is 2.22. The summed E-state index contributed by atoms with van der Waals surface area (Å²) in [5.74, 6) is 1.59. The third kappa shape index (κ3) is 2.23. The summed E-state index contributed by atoms with van der Waals surface area (Å²) in [7, 11) is 0. The third-order valence-corrected chi connectivity index (χ3v) is 3.93. The average molecular weight is 298 g/mol. The Balaban J connectivity index is 1.71. The summed E-state index contributed by atoms with van der Waals surface area (Å²) >= 11 is 0. The Morgan fingerprint density at radius 3 is 2.82 bits per heavy atom. The third-order valence-electron chi connectivity index (χ3n) is 3.93. The molecule has 0 saturated carbocycles. The molecule has 0 amide bonds. The molecular weight excluding hydrogens is 283 g/mol. The Bertz CT molecular complexity index is 787. The molecular formula is C17H15FN2O2. The zero-order valence-corrected chi connectivity index (χ0v) is 11.9. The number of ether oxygens (including phenoxy) is 1. The predicted octanol–water partition coefficient (Wildman–Crippen LogP) is 3.91. The van der Waals surface area contributed by atoms with Gasteiger partial charge in [-0.25, -0.2) is 9.37 Å².